The van der Waals surface area contributed by atoms with Gasteiger partial charge < -0.3 is 9.32 Å². The van der Waals surface area contributed by atoms with Crippen LogP contribution < -0.4 is 0 Å². The summed E-state index contributed by atoms with van der Waals surface area (Å²) in [5.74, 6) is 2.47. The number of likely N-dealkylation sites (tertiary alicyclic amines) is 1. The number of hydrogen-bond acceptors (Lipinski definition) is 6. The van der Waals surface area contributed by atoms with E-state index in [0.29, 0.717) is 30.5 Å². The van der Waals surface area contributed by atoms with Crippen molar-refractivity contribution in [2.45, 2.75) is 39.2 Å². The summed E-state index contributed by atoms with van der Waals surface area (Å²) in [4.78, 5) is 20.4. The summed E-state index contributed by atoms with van der Waals surface area (Å²) in [6.45, 7) is 5.48. The van der Waals surface area contributed by atoms with Crippen LogP contribution in [0.15, 0.2) is 34.9 Å². The predicted octanol–water partition coefficient (Wildman–Crippen LogP) is 3.40. The zero-order valence-corrected chi connectivity index (χ0v) is 17.7. The van der Waals surface area contributed by atoms with Gasteiger partial charge in [-0.1, -0.05) is 17.7 Å². The Labute approximate surface area is 179 Å². The van der Waals surface area contributed by atoms with Crippen LogP contribution >= 0.6 is 11.6 Å². The highest BCUT2D eigenvalue weighted by Gasteiger charge is 2.25. The lowest BCUT2D eigenvalue weighted by atomic mass is 9.96. The van der Waals surface area contributed by atoms with Gasteiger partial charge in [0.05, 0.1) is 12.7 Å². The number of rotatable bonds is 5. The number of aryl methyl sites for hydroxylation is 2. The average Bonchev–Trinajstić information content (AvgIpc) is 3.35. The lowest BCUT2D eigenvalue weighted by molar-refractivity contribution is -0.127. The third kappa shape index (κ3) is 4.76. The first-order chi connectivity index (χ1) is 14.5. The molecule has 0 N–H and O–H groups in total. The fourth-order valence-electron chi connectivity index (χ4n) is 3.59. The monoisotopic (exact) mass is 426 g/mol. The van der Waals surface area contributed by atoms with E-state index in [1.165, 1.54) is 4.80 Å². The lowest BCUT2D eigenvalue weighted by Crippen LogP contribution is -2.36. The summed E-state index contributed by atoms with van der Waals surface area (Å²) in [6.07, 6.45) is 6.88. The van der Waals surface area contributed by atoms with E-state index in [-0.39, 0.29) is 11.8 Å². The van der Waals surface area contributed by atoms with Crippen molar-refractivity contribution in [3.05, 3.63) is 64.1 Å². The highest BCUT2D eigenvalue weighted by Crippen LogP contribution is 2.27. The quantitative estimate of drug-likeness (QED) is 0.581. The molecule has 9 heteroatoms. The maximum absolute atomic E-state index is 12.7. The molecule has 8 nitrogen and oxygen atoms in total. The van der Waals surface area contributed by atoms with Crippen LogP contribution in [0.5, 0.6) is 0 Å². The minimum Gasteiger partial charge on any atom is -0.446 e. The summed E-state index contributed by atoms with van der Waals surface area (Å²) in [5, 5.41) is 12.7. The number of nitrogens with zero attached hydrogens (tertiary/aromatic N) is 6. The molecule has 0 saturated carbocycles. The summed E-state index contributed by atoms with van der Waals surface area (Å²) < 4.78 is 5.64. The van der Waals surface area contributed by atoms with Crippen LogP contribution in [0, 0.1) is 13.8 Å². The van der Waals surface area contributed by atoms with Gasteiger partial charge >= 0.3 is 0 Å². The van der Waals surface area contributed by atoms with Crippen LogP contribution in [0.4, 0.5) is 0 Å². The number of amides is 1. The smallest absolute Gasteiger partial charge is 0.246 e. The molecule has 3 heterocycles. The average molecular weight is 427 g/mol. The van der Waals surface area contributed by atoms with Gasteiger partial charge in [0, 0.05) is 30.1 Å². The Morgan fingerprint density at radius 3 is 2.77 bits per heavy atom. The van der Waals surface area contributed by atoms with Crippen LogP contribution in [0.2, 0.25) is 5.02 Å². The normalized spacial score (nSPS) is 15.2. The molecule has 1 amide bonds. The van der Waals surface area contributed by atoms with Crippen LogP contribution in [0.1, 0.15) is 47.4 Å². The molecule has 1 aliphatic rings. The Balaban J connectivity index is 1.40. The molecule has 0 atom stereocenters. The van der Waals surface area contributed by atoms with Gasteiger partial charge in [-0.15, -0.1) is 10.2 Å². The van der Waals surface area contributed by atoms with Crippen LogP contribution in [0.3, 0.4) is 0 Å². The van der Waals surface area contributed by atoms with Gasteiger partial charge in [0.2, 0.25) is 5.91 Å². The van der Waals surface area contributed by atoms with Crippen molar-refractivity contribution in [2.75, 3.05) is 13.1 Å². The Kier molecular flexibility index (Phi) is 5.94. The van der Waals surface area contributed by atoms with Crippen molar-refractivity contribution in [3.8, 4) is 0 Å². The Hall–Kier alpha value is -3.00. The zero-order chi connectivity index (χ0) is 21.1. The van der Waals surface area contributed by atoms with Gasteiger partial charge in [0.15, 0.2) is 11.7 Å². The Morgan fingerprint density at radius 1 is 1.30 bits per heavy atom. The van der Waals surface area contributed by atoms with E-state index in [1.54, 1.807) is 25.3 Å². The third-order valence-corrected chi connectivity index (χ3v) is 5.41. The second kappa shape index (κ2) is 8.79. The molecule has 156 valence electrons. The fourth-order valence-corrected chi connectivity index (χ4v) is 3.79. The standard InChI is InChI=1S/C21H23ClN6O2/c1-14-12-23-21(30-14)17-7-9-27(10-8-17)20(29)6-4-16-3-5-19(22)11-18(16)13-28-25-15(2)24-26-28/h3-6,11-12,17H,7-10,13H2,1-2H3. The predicted molar refractivity (Wildman–Crippen MR) is 112 cm³/mol. The second-order valence-corrected chi connectivity index (χ2v) is 7.89. The summed E-state index contributed by atoms with van der Waals surface area (Å²) >= 11 is 6.16. The van der Waals surface area contributed by atoms with E-state index >= 15 is 0 Å². The number of tetrazole rings is 1. The van der Waals surface area contributed by atoms with Crippen LogP contribution in [-0.4, -0.2) is 49.1 Å². The van der Waals surface area contributed by atoms with Gasteiger partial charge in [0.1, 0.15) is 5.76 Å². The molecule has 0 aliphatic carbocycles. The molecule has 0 unspecified atom stereocenters. The van der Waals surface area contributed by atoms with E-state index in [2.05, 4.69) is 20.4 Å². The topological polar surface area (TPSA) is 89.9 Å². The van der Waals surface area contributed by atoms with Gasteiger partial charge in [-0.3, -0.25) is 4.79 Å². The molecule has 4 rings (SSSR count). The molecule has 0 radical (unpaired) electrons. The van der Waals surface area contributed by atoms with Crippen molar-refractivity contribution in [1.29, 1.82) is 0 Å². The summed E-state index contributed by atoms with van der Waals surface area (Å²) in [5.41, 5.74) is 1.81. The molecule has 2 aromatic heterocycles. The third-order valence-electron chi connectivity index (χ3n) is 5.17. The molecule has 1 aromatic carbocycles. The molecular formula is C21H23ClN6O2. The molecule has 1 aliphatic heterocycles. The maximum Gasteiger partial charge on any atom is 0.246 e. The Bertz CT molecular complexity index is 1070. The Morgan fingerprint density at radius 2 is 2.10 bits per heavy atom. The van der Waals surface area contributed by atoms with Crippen molar-refractivity contribution >= 4 is 23.6 Å². The number of carbonyl (C=O) groups excluding carboxylic acids is 1. The first kappa shape index (κ1) is 20.3. The number of halogens is 1. The van der Waals surface area contributed by atoms with E-state index in [4.69, 9.17) is 16.0 Å². The molecule has 1 saturated heterocycles. The van der Waals surface area contributed by atoms with E-state index in [1.807, 2.05) is 30.0 Å². The molecule has 0 bridgehead atoms. The van der Waals surface area contributed by atoms with Gasteiger partial charge in [-0.05, 0) is 61.2 Å². The number of benzene rings is 1. The molecule has 30 heavy (non-hydrogen) atoms. The van der Waals surface area contributed by atoms with Crippen molar-refractivity contribution in [3.63, 3.8) is 0 Å². The van der Waals surface area contributed by atoms with Crippen molar-refractivity contribution < 1.29 is 9.21 Å². The zero-order valence-electron chi connectivity index (χ0n) is 17.0. The molecule has 1 fully saturated rings. The summed E-state index contributed by atoms with van der Waals surface area (Å²) in [6, 6.07) is 5.55. The van der Waals surface area contributed by atoms with Crippen molar-refractivity contribution in [2.24, 2.45) is 0 Å². The first-order valence-corrected chi connectivity index (χ1v) is 10.3. The lowest BCUT2D eigenvalue weighted by Gasteiger charge is -2.29. The van der Waals surface area contributed by atoms with E-state index in [9.17, 15) is 4.79 Å². The van der Waals surface area contributed by atoms with Crippen molar-refractivity contribution in [1.82, 2.24) is 30.1 Å². The number of hydrogen-bond donors (Lipinski definition) is 0. The highest BCUT2D eigenvalue weighted by molar-refractivity contribution is 6.30. The molecule has 0 spiro atoms. The SMILES string of the molecule is Cc1nnn(Cc2cc(Cl)ccc2C=CC(=O)N2CCC(c3ncc(C)o3)CC2)n1. The largest absolute Gasteiger partial charge is 0.446 e. The van der Waals surface area contributed by atoms with Gasteiger partial charge in [-0.25, -0.2) is 4.98 Å². The number of aromatic nitrogens is 5. The molecular weight excluding hydrogens is 404 g/mol. The summed E-state index contributed by atoms with van der Waals surface area (Å²) in [7, 11) is 0. The van der Waals surface area contributed by atoms with E-state index < -0.39 is 0 Å². The number of carbonyl (C=O) groups is 1. The van der Waals surface area contributed by atoms with Crippen LogP contribution in [0.25, 0.3) is 6.08 Å². The highest BCUT2D eigenvalue weighted by atomic mass is 35.5. The number of oxazole rings is 1. The minimum absolute atomic E-state index is 0.00680. The maximum atomic E-state index is 12.7. The fraction of sp³-hybridized carbons (Fsp3) is 0.381. The number of piperidine rings is 1. The molecule has 3 aromatic rings. The second-order valence-electron chi connectivity index (χ2n) is 7.45. The van der Waals surface area contributed by atoms with Gasteiger partial charge in [0.25, 0.3) is 0 Å². The van der Waals surface area contributed by atoms with Gasteiger partial charge in [-0.2, -0.15) is 4.80 Å². The van der Waals surface area contributed by atoms with Crippen LogP contribution in [-0.2, 0) is 11.3 Å². The first-order valence-electron chi connectivity index (χ1n) is 9.90. The minimum atomic E-state index is -0.00680. The van der Waals surface area contributed by atoms with E-state index in [0.717, 1.165) is 35.6 Å².